The van der Waals surface area contributed by atoms with Crippen molar-refractivity contribution >= 4 is 17.7 Å². The van der Waals surface area contributed by atoms with Gasteiger partial charge in [-0.25, -0.2) is 4.98 Å². The Morgan fingerprint density at radius 1 is 1.56 bits per heavy atom. The molecule has 0 atom stereocenters. The Morgan fingerprint density at radius 3 is 2.81 bits per heavy atom. The van der Waals surface area contributed by atoms with Crippen molar-refractivity contribution in [2.24, 2.45) is 0 Å². The summed E-state index contributed by atoms with van der Waals surface area (Å²) in [6.45, 7) is -0.245. The zero-order valence-corrected chi connectivity index (χ0v) is 8.88. The van der Waals surface area contributed by atoms with Crippen LogP contribution >= 0.6 is 11.8 Å². The predicted octanol–water partition coefficient (Wildman–Crippen LogP) is 2.01. The molecule has 0 bridgehead atoms. The van der Waals surface area contributed by atoms with Gasteiger partial charge in [0.25, 0.3) is 0 Å². The summed E-state index contributed by atoms with van der Waals surface area (Å²) in [5.41, 5.74) is 0. The van der Waals surface area contributed by atoms with Gasteiger partial charge in [-0.2, -0.15) is 13.2 Å². The molecule has 0 radical (unpaired) electrons. The van der Waals surface area contributed by atoms with Gasteiger partial charge >= 0.3 is 12.1 Å². The molecule has 0 aliphatic rings. The van der Waals surface area contributed by atoms with Crippen LogP contribution in [0.25, 0.3) is 0 Å². The lowest BCUT2D eigenvalue weighted by Gasteiger charge is -2.08. The van der Waals surface area contributed by atoms with Crippen molar-refractivity contribution < 1.29 is 23.1 Å². The smallest absolute Gasteiger partial charge is 0.390 e. The summed E-state index contributed by atoms with van der Waals surface area (Å²) in [5.74, 6) is -1.25. The normalized spacial score (nSPS) is 11.7. The van der Waals surface area contributed by atoms with Gasteiger partial charge in [0.05, 0.1) is 12.2 Å². The van der Waals surface area contributed by atoms with E-state index >= 15 is 0 Å². The summed E-state index contributed by atoms with van der Waals surface area (Å²) in [7, 11) is 0. The molecule has 0 aliphatic heterocycles. The molecule has 1 aromatic heterocycles. The number of aryl methyl sites for hydroxylation is 1. The van der Waals surface area contributed by atoms with Crippen LogP contribution in [0.2, 0.25) is 0 Å². The van der Waals surface area contributed by atoms with Crippen LogP contribution in [0.15, 0.2) is 17.6 Å². The van der Waals surface area contributed by atoms with Gasteiger partial charge in [-0.1, -0.05) is 11.8 Å². The fraction of sp³-hybridized carbons (Fsp3) is 0.500. The van der Waals surface area contributed by atoms with E-state index in [1.807, 2.05) is 0 Å². The average Bonchev–Trinajstić information content (AvgIpc) is 2.57. The number of halogens is 3. The summed E-state index contributed by atoms with van der Waals surface area (Å²) < 4.78 is 37.2. The molecule has 0 saturated carbocycles. The molecule has 1 N–H and O–H groups in total. The highest BCUT2D eigenvalue weighted by Crippen LogP contribution is 2.22. The van der Waals surface area contributed by atoms with Crippen LogP contribution in [0.5, 0.6) is 0 Å². The molecule has 0 fully saturated rings. The number of carboxylic acid groups (broad SMARTS) is 1. The molecule has 90 valence electrons. The highest BCUT2D eigenvalue weighted by Gasteiger charge is 2.27. The number of rotatable bonds is 5. The number of thioether (sulfide) groups is 1. The molecule has 0 saturated heterocycles. The molecule has 0 unspecified atom stereocenters. The van der Waals surface area contributed by atoms with Crippen molar-refractivity contribution in [2.75, 3.05) is 5.75 Å². The van der Waals surface area contributed by atoms with Gasteiger partial charge in [-0.15, -0.1) is 0 Å². The first kappa shape index (κ1) is 12.9. The van der Waals surface area contributed by atoms with Crippen LogP contribution in [0.4, 0.5) is 13.2 Å². The highest BCUT2D eigenvalue weighted by molar-refractivity contribution is 7.99. The fourth-order valence-corrected chi connectivity index (χ4v) is 1.69. The van der Waals surface area contributed by atoms with Gasteiger partial charge < -0.3 is 9.67 Å². The van der Waals surface area contributed by atoms with E-state index in [-0.39, 0.29) is 17.5 Å². The topological polar surface area (TPSA) is 55.1 Å². The van der Waals surface area contributed by atoms with Gasteiger partial charge in [-0.05, 0) is 0 Å². The second-order valence-corrected chi connectivity index (χ2v) is 3.89. The van der Waals surface area contributed by atoms with Crippen LogP contribution in [0.1, 0.15) is 6.42 Å². The summed E-state index contributed by atoms with van der Waals surface area (Å²) in [5, 5.41) is 8.71. The quantitative estimate of drug-likeness (QED) is 0.817. The van der Waals surface area contributed by atoms with E-state index in [1.54, 1.807) is 0 Å². The summed E-state index contributed by atoms with van der Waals surface area (Å²) in [4.78, 5) is 14.1. The molecular formula is C8H9F3N2O2S. The molecule has 4 nitrogen and oxygen atoms in total. The zero-order chi connectivity index (χ0) is 12.2. The van der Waals surface area contributed by atoms with Crippen LogP contribution in [0.3, 0.4) is 0 Å². The van der Waals surface area contributed by atoms with E-state index in [0.29, 0.717) is 0 Å². The minimum Gasteiger partial charge on any atom is -0.481 e. The number of imidazole rings is 1. The Morgan fingerprint density at radius 2 is 2.25 bits per heavy atom. The van der Waals surface area contributed by atoms with Crippen molar-refractivity contribution in [1.82, 2.24) is 9.55 Å². The van der Waals surface area contributed by atoms with E-state index in [9.17, 15) is 18.0 Å². The van der Waals surface area contributed by atoms with Crippen LogP contribution < -0.4 is 0 Å². The minimum atomic E-state index is -4.22. The molecule has 1 aromatic rings. The van der Waals surface area contributed by atoms with E-state index < -0.39 is 18.6 Å². The Bertz CT molecular complexity index is 364. The van der Waals surface area contributed by atoms with E-state index in [4.69, 9.17) is 5.11 Å². The number of carboxylic acids is 1. The third-order valence-corrected chi connectivity index (χ3v) is 2.63. The van der Waals surface area contributed by atoms with Crippen molar-refractivity contribution in [3.05, 3.63) is 12.4 Å². The Labute approximate surface area is 93.5 Å². The lowest BCUT2D eigenvalue weighted by Crippen LogP contribution is -2.12. The first-order chi connectivity index (χ1) is 7.38. The van der Waals surface area contributed by atoms with Crippen molar-refractivity contribution in [3.8, 4) is 0 Å². The van der Waals surface area contributed by atoms with Crippen LogP contribution in [0, 0.1) is 0 Å². The number of carbonyl (C=O) groups is 1. The van der Waals surface area contributed by atoms with Crippen LogP contribution in [-0.2, 0) is 11.3 Å². The van der Waals surface area contributed by atoms with E-state index in [0.717, 1.165) is 11.8 Å². The third kappa shape index (κ3) is 4.56. The van der Waals surface area contributed by atoms with E-state index in [1.165, 1.54) is 17.0 Å². The van der Waals surface area contributed by atoms with Crippen LogP contribution in [-0.4, -0.2) is 32.6 Å². The molecule has 0 spiro atoms. The first-order valence-corrected chi connectivity index (χ1v) is 5.29. The maximum atomic E-state index is 12.0. The SMILES string of the molecule is O=C(O)CSc1nccn1CCC(F)(F)F. The molecule has 0 aliphatic carbocycles. The standard InChI is InChI=1S/C8H9F3N2O2S/c9-8(10,11)1-3-13-4-2-12-7(13)16-5-6(14)15/h2,4H,1,3,5H2,(H,14,15). The van der Waals surface area contributed by atoms with Gasteiger partial charge in [-0.3, -0.25) is 4.79 Å². The van der Waals surface area contributed by atoms with Gasteiger partial charge in [0.1, 0.15) is 0 Å². The van der Waals surface area contributed by atoms with E-state index in [2.05, 4.69) is 4.98 Å². The monoisotopic (exact) mass is 254 g/mol. The number of aliphatic carboxylic acids is 1. The number of nitrogens with zero attached hydrogens (tertiary/aromatic N) is 2. The van der Waals surface area contributed by atoms with Crippen molar-refractivity contribution in [1.29, 1.82) is 0 Å². The lowest BCUT2D eigenvalue weighted by atomic mass is 10.4. The lowest BCUT2D eigenvalue weighted by molar-refractivity contribution is -0.137. The first-order valence-electron chi connectivity index (χ1n) is 4.31. The number of hydrogen-bond donors (Lipinski definition) is 1. The summed E-state index contributed by atoms with van der Waals surface area (Å²) in [6, 6.07) is 0. The highest BCUT2D eigenvalue weighted by atomic mass is 32.2. The number of aromatic nitrogens is 2. The molecular weight excluding hydrogens is 245 g/mol. The second kappa shape index (κ2) is 5.24. The predicted molar refractivity (Wildman–Crippen MR) is 51.3 cm³/mol. The van der Waals surface area contributed by atoms with Crippen molar-refractivity contribution in [2.45, 2.75) is 24.3 Å². The average molecular weight is 254 g/mol. The maximum absolute atomic E-state index is 12.0. The molecule has 1 rings (SSSR count). The molecule has 8 heteroatoms. The Balaban J connectivity index is 2.53. The molecule has 0 aromatic carbocycles. The Kier molecular flexibility index (Phi) is 4.22. The van der Waals surface area contributed by atoms with Gasteiger partial charge in [0.2, 0.25) is 0 Å². The fourth-order valence-electron chi connectivity index (χ4n) is 0.979. The molecule has 16 heavy (non-hydrogen) atoms. The largest absolute Gasteiger partial charge is 0.481 e. The summed E-state index contributed by atoms with van der Waals surface area (Å²) in [6.07, 6.45) is -2.43. The second-order valence-electron chi connectivity index (χ2n) is 2.95. The summed E-state index contributed by atoms with van der Waals surface area (Å²) >= 11 is 0.897. The molecule has 0 amide bonds. The minimum absolute atomic E-state index is 0.219. The Hall–Kier alpha value is -1.18. The third-order valence-electron chi connectivity index (χ3n) is 1.64. The molecule has 1 heterocycles. The zero-order valence-electron chi connectivity index (χ0n) is 8.07. The maximum Gasteiger partial charge on any atom is 0.390 e. The number of hydrogen-bond acceptors (Lipinski definition) is 3. The van der Waals surface area contributed by atoms with Gasteiger partial charge in [0, 0.05) is 18.9 Å². The number of alkyl halides is 3. The van der Waals surface area contributed by atoms with Gasteiger partial charge in [0.15, 0.2) is 5.16 Å². The van der Waals surface area contributed by atoms with Crippen molar-refractivity contribution in [3.63, 3.8) is 0 Å².